The van der Waals surface area contributed by atoms with Crippen LogP contribution in [0.25, 0.3) is 0 Å². The quantitative estimate of drug-likeness (QED) is 0.427. The summed E-state index contributed by atoms with van der Waals surface area (Å²) in [7, 11) is 0. The minimum atomic E-state index is -0.484. The molecule has 0 aliphatic carbocycles. The highest BCUT2D eigenvalue weighted by molar-refractivity contribution is 9.09. The maximum absolute atomic E-state index is 11.7. The van der Waals surface area contributed by atoms with Gasteiger partial charge in [-0.15, -0.1) is 0 Å². The molecule has 0 heterocycles. The van der Waals surface area contributed by atoms with Gasteiger partial charge in [-0.2, -0.15) is 0 Å². The third kappa shape index (κ3) is 11.3. The monoisotopic (exact) mass is 379 g/mol. The lowest BCUT2D eigenvalue weighted by atomic mass is 10.1. The zero-order chi connectivity index (χ0) is 17.2. The van der Waals surface area contributed by atoms with Crippen molar-refractivity contribution in [2.24, 2.45) is 0 Å². The van der Waals surface area contributed by atoms with Gasteiger partial charge in [-0.25, -0.2) is 4.79 Å². The topological polar surface area (TPSA) is 47.6 Å². The maximum Gasteiger partial charge on any atom is 0.407 e. The van der Waals surface area contributed by atoms with Crippen molar-refractivity contribution in [3.8, 4) is 0 Å². The van der Waals surface area contributed by atoms with E-state index < -0.39 is 17.3 Å². The van der Waals surface area contributed by atoms with Crippen LogP contribution in [0.5, 0.6) is 0 Å². The largest absolute Gasteiger partial charge is 0.444 e. The van der Waals surface area contributed by atoms with E-state index in [1.54, 1.807) is 0 Å². The summed E-state index contributed by atoms with van der Waals surface area (Å²) in [4.78, 5) is 11.7. The van der Waals surface area contributed by atoms with Gasteiger partial charge in [0.1, 0.15) is 5.60 Å². The summed E-state index contributed by atoms with van der Waals surface area (Å²) in [5.41, 5.74) is -0.913. The van der Waals surface area contributed by atoms with Gasteiger partial charge in [0.2, 0.25) is 0 Å². The Bertz CT molecular complexity index is 318. The second kappa shape index (κ2) is 10.5. The minimum absolute atomic E-state index is 0.180. The lowest BCUT2D eigenvalue weighted by Crippen LogP contribution is -2.47. The predicted molar refractivity (Wildman–Crippen MR) is 95.7 cm³/mol. The number of amides is 1. The van der Waals surface area contributed by atoms with Crippen LogP contribution in [0.3, 0.4) is 0 Å². The van der Waals surface area contributed by atoms with Crippen molar-refractivity contribution in [3.05, 3.63) is 0 Å². The first kappa shape index (κ1) is 21.7. The zero-order valence-electron chi connectivity index (χ0n) is 15.1. The van der Waals surface area contributed by atoms with Crippen LogP contribution < -0.4 is 5.32 Å². The molecule has 132 valence electrons. The van der Waals surface area contributed by atoms with Gasteiger partial charge < -0.3 is 14.8 Å². The van der Waals surface area contributed by atoms with E-state index in [9.17, 15) is 4.79 Å². The summed E-state index contributed by atoms with van der Waals surface area (Å²) in [5, 5.41) is 3.46. The molecule has 22 heavy (non-hydrogen) atoms. The number of hydrogen-bond donors (Lipinski definition) is 1. The molecule has 0 fully saturated rings. The average Bonchev–Trinajstić information content (AvgIpc) is 2.40. The van der Waals surface area contributed by atoms with E-state index in [-0.39, 0.29) is 6.10 Å². The fourth-order valence-corrected chi connectivity index (χ4v) is 2.43. The molecule has 1 N–H and O–H groups in total. The number of carbonyl (C=O) groups excluding carboxylic acids is 1. The Labute approximate surface area is 144 Å². The highest BCUT2D eigenvalue weighted by Crippen LogP contribution is 2.19. The van der Waals surface area contributed by atoms with E-state index in [2.05, 4.69) is 35.1 Å². The Balaban J connectivity index is 4.19. The number of halogens is 1. The number of hydrogen-bond acceptors (Lipinski definition) is 3. The lowest BCUT2D eigenvalue weighted by molar-refractivity contribution is -0.0622. The Kier molecular flexibility index (Phi) is 10.3. The average molecular weight is 380 g/mol. The van der Waals surface area contributed by atoms with Crippen LogP contribution in [0.1, 0.15) is 73.6 Å². The number of alkyl carbamates (subject to hydrolysis) is 1. The van der Waals surface area contributed by atoms with Crippen molar-refractivity contribution < 1.29 is 14.3 Å². The van der Waals surface area contributed by atoms with Crippen molar-refractivity contribution in [3.63, 3.8) is 0 Å². The van der Waals surface area contributed by atoms with Gasteiger partial charge in [-0.3, -0.25) is 0 Å². The smallest absolute Gasteiger partial charge is 0.407 e. The van der Waals surface area contributed by atoms with E-state index in [1.807, 2.05) is 27.7 Å². The summed E-state index contributed by atoms with van der Waals surface area (Å²) < 4.78 is 11.4. The fourth-order valence-electron chi connectivity index (χ4n) is 2.10. The number of unbranched alkanes of at least 4 members (excludes halogenated alkanes) is 3. The normalized spacial score (nSPS) is 16.0. The van der Waals surface area contributed by atoms with Gasteiger partial charge in [0, 0.05) is 5.33 Å². The van der Waals surface area contributed by atoms with Gasteiger partial charge in [0.05, 0.1) is 18.2 Å². The first-order chi connectivity index (χ1) is 10.1. The van der Waals surface area contributed by atoms with Crippen LogP contribution in [0.4, 0.5) is 4.79 Å². The van der Waals surface area contributed by atoms with Crippen LogP contribution in [0.2, 0.25) is 0 Å². The molecule has 0 aliphatic heterocycles. The highest BCUT2D eigenvalue weighted by atomic mass is 79.9. The molecule has 0 bridgehead atoms. The SMILES string of the molecule is CCCCCCC(C)OC(C)(CBr)CNC(=O)OC(C)(C)C. The lowest BCUT2D eigenvalue weighted by Gasteiger charge is -2.32. The van der Waals surface area contributed by atoms with E-state index >= 15 is 0 Å². The molecular formula is C17H34BrNO3. The number of rotatable bonds is 10. The minimum Gasteiger partial charge on any atom is -0.444 e. The first-order valence-electron chi connectivity index (χ1n) is 8.32. The molecule has 0 radical (unpaired) electrons. The number of ether oxygens (including phenoxy) is 2. The van der Waals surface area contributed by atoms with Crippen molar-refractivity contribution in [2.75, 3.05) is 11.9 Å². The standard InChI is InChI=1S/C17H34BrNO3/c1-7-8-9-10-11-14(2)21-17(6,12-18)13-19-15(20)22-16(3,4)5/h14H,7-13H2,1-6H3,(H,19,20). The van der Waals surface area contributed by atoms with Gasteiger partial charge >= 0.3 is 6.09 Å². The van der Waals surface area contributed by atoms with Crippen LogP contribution in [0, 0.1) is 0 Å². The Morgan fingerprint density at radius 1 is 1.18 bits per heavy atom. The molecule has 0 aliphatic rings. The number of alkyl halides is 1. The summed E-state index contributed by atoms with van der Waals surface area (Å²) in [5.74, 6) is 0. The van der Waals surface area contributed by atoms with E-state index in [0.29, 0.717) is 11.9 Å². The van der Waals surface area contributed by atoms with Crippen molar-refractivity contribution in [1.29, 1.82) is 0 Å². The molecule has 2 atom stereocenters. The van der Waals surface area contributed by atoms with Crippen LogP contribution >= 0.6 is 15.9 Å². The van der Waals surface area contributed by atoms with Crippen LogP contribution in [-0.4, -0.2) is 35.3 Å². The van der Waals surface area contributed by atoms with Crippen molar-refractivity contribution >= 4 is 22.0 Å². The van der Waals surface area contributed by atoms with Gasteiger partial charge in [-0.05, 0) is 41.0 Å². The van der Waals surface area contributed by atoms with Crippen LogP contribution in [0.15, 0.2) is 0 Å². The molecule has 0 rings (SSSR count). The molecule has 0 saturated heterocycles. The number of carbonyl (C=O) groups is 1. The van der Waals surface area contributed by atoms with E-state index in [0.717, 1.165) is 6.42 Å². The molecule has 0 spiro atoms. The Morgan fingerprint density at radius 2 is 1.82 bits per heavy atom. The van der Waals surface area contributed by atoms with Crippen molar-refractivity contribution in [1.82, 2.24) is 5.32 Å². The molecule has 1 amide bonds. The van der Waals surface area contributed by atoms with E-state index in [4.69, 9.17) is 9.47 Å². The maximum atomic E-state index is 11.7. The zero-order valence-corrected chi connectivity index (χ0v) is 16.7. The third-order valence-electron chi connectivity index (χ3n) is 3.24. The molecule has 4 nitrogen and oxygen atoms in total. The Morgan fingerprint density at radius 3 is 2.32 bits per heavy atom. The van der Waals surface area contributed by atoms with Crippen molar-refractivity contribution in [2.45, 2.75) is 91.0 Å². The van der Waals surface area contributed by atoms with Gasteiger partial charge in [0.15, 0.2) is 0 Å². The van der Waals surface area contributed by atoms with Gasteiger partial charge in [-0.1, -0.05) is 48.5 Å². The second-order valence-electron chi connectivity index (χ2n) is 7.22. The highest BCUT2D eigenvalue weighted by Gasteiger charge is 2.28. The molecule has 0 aromatic rings. The molecule has 0 aromatic heterocycles. The predicted octanol–water partition coefficient (Wildman–Crippen LogP) is 5.04. The molecule has 5 heteroatoms. The molecule has 2 unspecified atom stereocenters. The molecule has 0 saturated carbocycles. The first-order valence-corrected chi connectivity index (χ1v) is 9.44. The summed E-state index contributed by atoms with van der Waals surface area (Å²) in [6.07, 6.45) is 5.79. The number of nitrogens with one attached hydrogen (secondary N) is 1. The Hall–Kier alpha value is -0.290. The van der Waals surface area contributed by atoms with E-state index in [1.165, 1.54) is 25.7 Å². The summed E-state index contributed by atoms with van der Waals surface area (Å²) in [6, 6.07) is 0. The fraction of sp³-hybridized carbons (Fsp3) is 0.941. The summed E-state index contributed by atoms with van der Waals surface area (Å²) >= 11 is 3.49. The van der Waals surface area contributed by atoms with Gasteiger partial charge in [0.25, 0.3) is 0 Å². The third-order valence-corrected chi connectivity index (χ3v) is 4.42. The molecular weight excluding hydrogens is 346 g/mol. The second-order valence-corrected chi connectivity index (χ2v) is 7.78. The summed E-state index contributed by atoms with van der Waals surface area (Å²) in [6.45, 7) is 12.3. The van der Waals surface area contributed by atoms with Crippen LogP contribution in [-0.2, 0) is 9.47 Å². The molecule has 0 aromatic carbocycles.